The molecule has 0 spiro atoms. The predicted molar refractivity (Wildman–Crippen MR) is 34.9 cm³/mol. The highest BCUT2D eigenvalue weighted by molar-refractivity contribution is 5.23. The first-order valence-corrected chi connectivity index (χ1v) is 2.81. The summed E-state index contributed by atoms with van der Waals surface area (Å²) in [4.78, 5) is 0. The molecule has 0 heterocycles. The number of rotatable bonds is 3. The van der Waals surface area contributed by atoms with E-state index in [2.05, 4.69) is 6.58 Å². The average Bonchev–Trinajstić information content (AvgIpc) is 1.90. The topological polar surface area (TPSA) is 0 Å². The van der Waals surface area contributed by atoms with E-state index in [0.717, 1.165) is 12.2 Å². The summed E-state index contributed by atoms with van der Waals surface area (Å²) in [5, 5.41) is 0. The molecule has 0 N–H and O–H groups in total. The molecule has 0 aliphatic rings. The highest BCUT2D eigenvalue weighted by atomic mass is 19.3. The van der Waals surface area contributed by atoms with Gasteiger partial charge in [-0.25, -0.2) is 4.39 Å². The van der Waals surface area contributed by atoms with Crippen LogP contribution in [-0.4, -0.2) is 12.6 Å². The Morgan fingerprint density at radius 3 is 2.20 bits per heavy atom. The number of hydrogen-bond acceptors (Lipinski definition) is 0. The van der Waals surface area contributed by atoms with Crippen LogP contribution in [0.2, 0.25) is 0 Å². The summed E-state index contributed by atoms with van der Waals surface area (Å²) in [5.41, 5.74) is -0.366. The lowest BCUT2D eigenvalue weighted by Crippen LogP contribution is -2.20. The maximum atomic E-state index is 12.3. The third-order valence-corrected chi connectivity index (χ3v) is 1.12. The van der Waals surface area contributed by atoms with Crippen molar-refractivity contribution in [3.05, 3.63) is 24.3 Å². The third-order valence-electron chi connectivity index (χ3n) is 1.12. The van der Waals surface area contributed by atoms with Gasteiger partial charge in [0.15, 0.2) is 6.67 Å². The number of allylic oxidation sites excluding steroid dienone is 3. The van der Waals surface area contributed by atoms with Gasteiger partial charge in [0.2, 0.25) is 0 Å². The van der Waals surface area contributed by atoms with E-state index in [-0.39, 0.29) is 5.57 Å². The zero-order valence-electron chi connectivity index (χ0n) is 5.70. The predicted octanol–water partition coefficient (Wildman–Crippen LogP) is 2.72. The Morgan fingerprint density at radius 2 is 2.10 bits per heavy atom. The van der Waals surface area contributed by atoms with E-state index in [1.54, 1.807) is 0 Å². The van der Waals surface area contributed by atoms with Crippen LogP contribution in [0.3, 0.4) is 0 Å². The molecule has 3 heteroatoms. The SMILES string of the molecule is C=C/C(=C\C)C(F)(F)CF. The second-order valence-electron chi connectivity index (χ2n) is 1.79. The molecule has 0 radical (unpaired) electrons. The Kier molecular flexibility index (Phi) is 3.19. The largest absolute Gasteiger partial charge is 0.300 e. The highest BCUT2D eigenvalue weighted by Gasteiger charge is 2.31. The lowest BCUT2D eigenvalue weighted by atomic mass is 10.1. The van der Waals surface area contributed by atoms with E-state index in [1.165, 1.54) is 6.92 Å². The van der Waals surface area contributed by atoms with Crippen molar-refractivity contribution in [2.45, 2.75) is 12.8 Å². The molecule has 0 unspecified atom stereocenters. The minimum absolute atomic E-state index is 0.366. The van der Waals surface area contributed by atoms with Gasteiger partial charge in [-0.15, -0.1) is 0 Å². The molecule has 0 aromatic heterocycles. The summed E-state index contributed by atoms with van der Waals surface area (Å²) in [7, 11) is 0. The van der Waals surface area contributed by atoms with Crippen LogP contribution < -0.4 is 0 Å². The fourth-order valence-electron chi connectivity index (χ4n) is 0.555. The first kappa shape index (κ1) is 9.27. The Labute approximate surface area is 58.0 Å². The zero-order chi connectivity index (χ0) is 8.20. The quantitative estimate of drug-likeness (QED) is 0.542. The van der Waals surface area contributed by atoms with Gasteiger partial charge in [-0.3, -0.25) is 0 Å². The maximum absolute atomic E-state index is 12.3. The molecule has 0 aliphatic heterocycles. The fourth-order valence-corrected chi connectivity index (χ4v) is 0.555. The molecule has 58 valence electrons. The Morgan fingerprint density at radius 1 is 1.60 bits per heavy atom. The van der Waals surface area contributed by atoms with Gasteiger partial charge in [-0.1, -0.05) is 18.7 Å². The van der Waals surface area contributed by atoms with Crippen molar-refractivity contribution in [3.8, 4) is 0 Å². The molecule has 0 aliphatic carbocycles. The summed E-state index contributed by atoms with van der Waals surface area (Å²) in [6.45, 7) is 2.88. The van der Waals surface area contributed by atoms with E-state index in [4.69, 9.17) is 0 Å². The molecular formula is C7H9F3. The van der Waals surface area contributed by atoms with E-state index in [0.29, 0.717) is 0 Å². The van der Waals surface area contributed by atoms with Crippen LogP contribution in [0.25, 0.3) is 0 Å². The molecule has 10 heavy (non-hydrogen) atoms. The summed E-state index contributed by atoms with van der Waals surface area (Å²) in [6, 6.07) is 0. The van der Waals surface area contributed by atoms with Crippen LogP contribution in [0.4, 0.5) is 13.2 Å². The van der Waals surface area contributed by atoms with Crippen molar-refractivity contribution in [3.63, 3.8) is 0 Å². The molecule has 0 atom stereocenters. The van der Waals surface area contributed by atoms with Crippen LogP contribution in [0.5, 0.6) is 0 Å². The molecule has 0 aromatic carbocycles. The van der Waals surface area contributed by atoms with Crippen LogP contribution >= 0.6 is 0 Å². The van der Waals surface area contributed by atoms with Gasteiger partial charge in [-0.2, -0.15) is 8.78 Å². The smallest absolute Gasteiger partial charge is 0.244 e. The van der Waals surface area contributed by atoms with Gasteiger partial charge in [0.1, 0.15) is 0 Å². The van der Waals surface area contributed by atoms with Crippen molar-refractivity contribution in [2.75, 3.05) is 6.67 Å². The Balaban J connectivity index is 4.43. The van der Waals surface area contributed by atoms with Crippen LogP contribution in [0, 0.1) is 0 Å². The van der Waals surface area contributed by atoms with Gasteiger partial charge < -0.3 is 0 Å². The first-order valence-electron chi connectivity index (χ1n) is 2.81. The van der Waals surface area contributed by atoms with E-state index < -0.39 is 12.6 Å². The summed E-state index contributed by atoms with van der Waals surface area (Å²) in [6.07, 6.45) is 2.10. The number of hydrogen-bond donors (Lipinski definition) is 0. The highest BCUT2D eigenvalue weighted by Crippen LogP contribution is 2.24. The molecule has 0 nitrogen and oxygen atoms in total. The minimum Gasteiger partial charge on any atom is -0.244 e. The van der Waals surface area contributed by atoms with Crippen LogP contribution in [-0.2, 0) is 0 Å². The minimum atomic E-state index is -3.36. The lowest BCUT2D eigenvalue weighted by molar-refractivity contribution is 0.0187. The second-order valence-corrected chi connectivity index (χ2v) is 1.79. The van der Waals surface area contributed by atoms with Crippen LogP contribution in [0.15, 0.2) is 24.3 Å². The molecule has 0 rings (SSSR count). The normalized spacial score (nSPS) is 13.4. The third kappa shape index (κ3) is 1.90. The van der Waals surface area contributed by atoms with Crippen molar-refractivity contribution in [1.82, 2.24) is 0 Å². The molecule has 0 fully saturated rings. The fraction of sp³-hybridized carbons (Fsp3) is 0.429. The lowest BCUT2D eigenvalue weighted by Gasteiger charge is -2.11. The molecule has 0 saturated carbocycles. The zero-order valence-corrected chi connectivity index (χ0v) is 5.70. The van der Waals surface area contributed by atoms with Crippen molar-refractivity contribution < 1.29 is 13.2 Å². The summed E-state index contributed by atoms with van der Waals surface area (Å²) in [5.74, 6) is -3.36. The average molecular weight is 150 g/mol. The summed E-state index contributed by atoms with van der Waals surface area (Å²) < 4.78 is 36.2. The Bertz CT molecular complexity index is 147. The van der Waals surface area contributed by atoms with Crippen molar-refractivity contribution in [2.24, 2.45) is 0 Å². The van der Waals surface area contributed by atoms with Gasteiger partial charge in [0.05, 0.1) is 0 Å². The van der Waals surface area contributed by atoms with E-state index in [9.17, 15) is 13.2 Å². The molecular weight excluding hydrogens is 141 g/mol. The molecule has 0 saturated heterocycles. The van der Waals surface area contributed by atoms with Gasteiger partial charge >= 0.3 is 5.92 Å². The number of halogens is 3. The van der Waals surface area contributed by atoms with Crippen LogP contribution in [0.1, 0.15) is 6.92 Å². The standard InChI is InChI=1S/C7H9F3/c1-3-6(4-2)7(9,10)5-8/h3-4H,1,5H2,2H3/b6-4+. The molecule has 0 bridgehead atoms. The van der Waals surface area contributed by atoms with Gasteiger partial charge in [-0.05, 0) is 6.92 Å². The van der Waals surface area contributed by atoms with Gasteiger partial charge in [0.25, 0.3) is 0 Å². The summed E-state index contributed by atoms with van der Waals surface area (Å²) >= 11 is 0. The molecule has 0 amide bonds. The molecule has 0 aromatic rings. The first-order chi connectivity index (χ1) is 4.58. The Hall–Kier alpha value is -0.730. The van der Waals surface area contributed by atoms with Gasteiger partial charge in [0, 0.05) is 5.57 Å². The van der Waals surface area contributed by atoms with Crippen molar-refractivity contribution >= 4 is 0 Å². The van der Waals surface area contributed by atoms with E-state index in [1.807, 2.05) is 0 Å². The maximum Gasteiger partial charge on any atom is 0.300 e. The number of alkyl halides is 3. The van der Waals surface area contributed by atoms with E-state index >= 15 is 0 Å². The monoisotopic (exact) mass is 150 g/mol. The second kappa shape index (κ2) is 3.44. The van der Waals surface area contributed by atoms with Crippen molar-refractivity contribution in [1.29, 1.82) is 0 Å².